The van der Waals surface area contributed by atoms with Crippen molar-refractivity contribution in [3.63, 3.8) is 0 Å². The lowest BCUT2D eigenvalue weighted by Gasteiger charge is -2.25. The molecule has 1 amide bonds. The standard InChI is InChI=1S/C15H18ClNO3/c1-10(8-11-4-2-5-12(16)9-11)14(18)17-7-3-6-13(17)15(19)20/h2,4-5,9-10,13H,3,6-8H2,1H3,(H,19,20)/t10?,13-/m1/s1. The van der Waals surface area contributed by atoms with Crippen molar-refractivity contribution in [2.24, 2.45) is 5.92 Å². The van der Waals surface area contributed by atoms with E-state index in [1.54, 1.807) is 6.07 Å². The molecule has 0 aliphatic carbocycles. The minimum atomic E-state index is -0.911. The number of aliphatic carboxylic acids is 1. The summed E-state index contributed by atoms with van der Waals surface area (Å²) in [6.07, 6.45) is 1.87. The van der Waals surface area contributed by atoms with E-state index in [1.165, 1.54) is 4.90 Å². The number of carbonyl (C=O) groups is 2. The number of hydrogen-bond donors (Lipinski definition) is 1. The van der Waals surface area contributed by atoms with Gasteiger partial charge in [0, 0.05) is 17.5 Å². The average molecular weight is 296 g/mol. The fourth-order valence-corrected chi connectivity index (χ4v) is 2.89. The van der Waals surface area contributed by atoms with Crippen molar-refractivity contribution < 1.29 is 14.7 Å². The number of carboxylic acid groups (broad SMARTS) is 1. The van der Waals surface area contributed by atoms with Crippen molar-refractivity contribution in [3.05, 3.63) is 34.9 Å². The van der Waals surface area contributed by atoms with Crippen molar-refractivity contribution in [2.75, 3.05) is 6.54 Å². The maximum Gasteiger partial charge on any atom is 0.326 e. The van der Waals surface area contributed by atoms with Crippen LogP contribution in [0.15, 0.2) is 24.3 Å². The highest BCUT2D eigenvalue weighted by atomic mass is 35.5. The average Bonchev–Trinajstić information content (AvgIpc) is 2.87. The van der Waals surface area contributed by atoms with E-state index in [4.69, 9.17) is 16.7 Å². The second kappa shape index (κ2) is 6.27. The molecule has 0 bridgehead atoms. The van der Waals surface area contributed by atoms with Gasteiger partial charge in [-0.2, -0.15) is 0 Å². The van der Waals surface area contributed by atoms with Gasteiger partial charge >= 0.3 is 5.97 Å². The largest absolute Gasteiger partial charge is 0.480 e. The second-order valence-corrected chi connectivity index (χ2v) is 5.70. The van der Waals surface area contributed by atoms with Gasteiger partial charge in [0.1, 0.15) is 6.04 Å². The second-order valence-electron chi connectivity index (χ2n) is 5.26. The maximum atomic E-state index is 12.4. The maximum absolute atomic E-state index is 12.4. The number of nitrogens with zero attached hydrogens (tertiary/aromatic N) is 1. The van der Waals surface area contributed by atoms with Gasteiger partial charge in [0.25, 0.3) is 0 Å². The van der Waals surface area contributed by atoms with Crippen LogP contribution < -0.4 is 0 Å². The number of benzene rings is 1. The fraction of sp³-hybridized carbons (Fsp3) is 0.467. The summed E-state index contributed by atoms with van der Waals surface area (Å²) in [7, 11) is 0. The van der Waals surface area contributed by atoms with Crippen LogP contribution in [0.3, 0.4) is 0 Å². The molecule has 4 nitrogen and oxygen atoms in total. The molecular formula is C15H18ClNO3. The number of carbonyl (C=O) groups excluding carboxylic acids is 1. The smallest absolute Gasteiger partial charge is 0.326 e. The molecule has 1 saturated heterocycles. The van der Waals surface area contributed by atoms with Crippen LogP contribution in [-0.4, -0.2) is 34.5 Å². The van der Waals surface area contributed by atoms with Gasteiger partial charge in [-0.15, -0.1) is 0 Å². The highest BCUT2D eigenvalue weighted by molar-refractivity contribution is 6.30. The molecular weight excluding hydrogens is 278 g/mol. The van der Waals surface area contributed by atoms with Crippen molar-refractivity contribution in [2.45, 2.75) is 32.2 Å². The number of halogens is 1. The quantitative estimate of drug-likeness (QED) is 0.929. The normalized spacial score (nSPS) is 19.9. The highest BCUT2D eigenvalue weighted by Crippen LogP contribution is 2.22. The first kappa shape index (κ1) is 14.9. The molecule has 108 valence electrons. The molecule has 1 N–H and O–H groups in total. The van der Waals surface area contributed by atoms with Crippen LogP contribution in [0, 0.1) is 5.92 Å². The van der Waals surface area contributed by atoms with Gasteiger partial charge in [-0.1, -0.05) is 30.7 Å². The summed E-state index contributed by atoms with van der Waals surface area (Å²) in [5.74, 6) is -1.24. The Kier molecular flexibility index (Phi) is 4.65. The van der Waals surface area contributed by atoms with Gasteiger partial charge in [-0.05, 0) is 37.0 Å². The third-order valence-electron chi connectivity index (χ3n) is 3.67. The number of carboxylic acids is 1. The van der Waals surface area contributed by atoms with Gasteiger partial charge < -0.3 is 10.0 Å². The summed E-state index contributed by atoms with van der Waals surface area (Å²) in [6, 6.07) is 6.74. The molecule has 5 heteroatoms. The zero-order valence-electron chi connectivity index (χ0n) is 11.4. The van der Waals surface area contributed by atoms with Gasteiger partial charge in [-0.3, -0.25) is 4.79 Å². The summed E-state index contributed by atoms with van der Waals surface area (Å²) >= 11 is 5.93. The van der Waals surface area contributed by atoms with Crippen molar-refractivity contribution >= 4 is 23.5 Å². The van der Waals surface area contributed by atoms with Crippen molar-refractivity contribution in [1.29, 1.82) is 0 Å². The lowest BCUT2D eigenvalue weighted by molar-refractivity contribution is -0.149. The van der Waals surface area contributed by atoms with Crippen molar-refractivity contribution in [1.82, 2.24) is 4.90 Å². The predicted octanol–water partition coefficient (Wildman–Crippen LogP) is 2.59. The molecule has 1 aromatic carbocycles. The molecule has 1 unspecified atom stereocenters. The molecule has 1 heterocycles. The molecule has 20 heavy (non-hydrogen) atoms. The Morgan fingerprint density at radius 3 is 2.90 bits per heavy atom. The Hall–Kier alpha value is -1.55. The molecule has 2 atom stereocenters. The third kappa shape index (κ3) is 3.31. The minimum Gasteiger partial charge on any atom is -0.480 e. The van der Waals surface area contributed by atoms with Gasteiger partial charge in [-0.25, -0.2) is 4.79 Å². The molecule has 0 aromatic heterocycles. The number of rotatable bonds is 4. The van der Waals surface area contributed by atoms with Crippen molar-refractivity contribution in [3.8, 4) is 0 Å². The van der Waals surface area contributed by atoms with Crippen LogP contribution in [-0.2, 0) is 16.0 Å². The monoisotopic (exact) mass is 295 g/mol. The lowest BCUT2D eigenvalue weighted by atomic mass is 9.99. The molecule has 1 fully saturated rings. The Morgan fingerprint density at radius 1 is 1.50 bits per heavy atom. The molecule has 0 radical (unpaired) electrons. The number of likely N-dealkylation sites (tertiary alicyclic amines) is 1. The fourth-order valence-electron chi connectivity index (χ4n) is 2.68. The summed E-state index contributed by atoms with van der Waals surface area (Å²) < 4.78 is 0. The van der Waals surface area contributed by atoms with Gasteiger partial charge in [0.15, 0.2) is 0 Å². The predicted molar refractivity (Wildman–Crippen MR) is 76.7 cm³/mol. The van der Waals surface area contributed by atoms with Crippen LogP contribution in [0.25, 0.3) is 0 Å². The van der Waals surface area contributed by atoms with E-state index in [1.807, 2.05) is 25.1 Å². The summed E-state index contributed by atoms with van der Waals surface area (Å²) in [4.78, 5) is 25.0. The van der Waals surface area contributed by atoms with E-state index in [0.29, 0.717) is 24.4 Å². The first-order chi connectivity index (χ1) is 9.49. The first-order valence-electron chi connectivity index (χ1n) is 6.76. The molecule has 1 aliphatic rings. The Balaban J connectivity index is 2.03. The minimum absolute atomic E-state index is 0.0881. The third-order valence-corrected chi connectivity index (χ3v) is 3.91. The molecule has 1 aromatic rings. The molecule has 1 aliphatic heterocycles. The molecule has 0 spiro atoms. The summed E-state index contributed by atoms with van der Waals surface area (Å²) in [6.45, 7) is 2.37. The number of hydrogen-bond acceptors (Lipinski definition) is 2. The Bertz CT molecular complexity index is 518. The van der Waals surface area contributed by atoms with Crippen LogP contribution in [0.5, 0.6) is 0 Å². The topological polar surface area (TPSA) is 57.6 Å². The van der Waals surface area contributed by atoms with E-state index in [-0.39, 0.29) is 11.8 Å². The highest BCUT2D eigenvalue weighted by Gasteiger charge is 2.35. The Morgan fingerprint density at radius 2 is 2.25 bits per heavy atom. The van der Waals surface area contributed by atoms with E-state index in [9.17, 15) is 9.59 Å². The van der Waals surface area contributed by atoms with Crippen LogP contribution in [0.2, 0.25) is 5.02 Å². The SMILES string of the molecule is CC(Cc1cccc(Cl)c1)C(=O)N1CCC[C@@H]1C(=O)O. The zero-order chi connectivity index (χ0) is 14.7. The van der Waals surface area contributed by atoms with E-state index < -0.39 is 12.0 Å². The van der Waals surface area contributed by atoms with E-state index in [0.717, 1.165) is 12.0 Å². The van der Waals surface area contributed by atoms with Gasteiger partial charge in [0.2, 0.25) is 5.91 Å². The Labute approximate surface area is 123 Å². The molecule has 0 saturated carbocycles. The molecule has 2 rings (SSSR count). The van der Waals surface area contributed by atoms with Crippen LogP contribution in [0.1, 0.15) is 25.3 Å². The van der Waals surface area contributed by atoms with Crippen LogP contribution >= 0.6 is 11.6 Å². The van der Waals surface area contributed by atoms with E-state index in [2.05, 4.69) is 0 Å². The zero-order valence-corrected chi connectivity index (χ0v) is 12.1. The summed E-state index contributed by atoms with van der Waals surface area (Å²) in [5.41, 5.74) is 0.990. The summed E-state index contributed by atoms with van der Waals surface area (Å²) in [5, 5.41) is 9.77. The van der Waals surface area contributed by atoms with E-state index >= 15 is 0 Å². The first-order valence-corrected chi connectivity index (χ1v) is 7.14. The number of amides is 1. The lowest BCUT2D eigenvalue weighted by Crippen LogP contribution is -2.43. The van der Waals surface area contributed by atoms with Crippen LogP contribution in [0.4, 0.5) is 0 Å². The van der Waals surface area contributed by atoms with Gasteiger partial charge in [0.05, 0.1) is 0 Å².